The van der Waals surface area contributed by atoms with Gasteiger partial charge >= 0.3 is 0 Å². The Morgan fingerprint density at radius 1 is 1.25 bits per heavy atom. The summed E-state index contributed by atoms with van der Waals surface area (Å²) in [5, 5.41) is 35.6. The molecule has 1 fully saturated rings. The first-order chi connectivity index (χ1) is 15.2. The van der Waals surface area contributed by atoms with Crippen molar-refractivity contribution in [1.29, 1.82) is 0 Å². The molecule has 0 radical (unpaired) electrons. The molecule has 1 aromatic heterocycles. The van der Waals surface area contributed by atoms with Crippen molar-refractivity contribution < 1.29 is 20.1 Å². The van der Waals surface area contributed by atoms with E-state index in [0.717, 1.165) is 47.2 Å². The van der Waals surface area contributed by atoms with E-state index in [1.807, 2.05) is 42.5 Å². The minimum atomic E-state index is -1.15. The van der Waals surface area contributed by atoms with Gasteiger partial charge in [0.05, 0.1) is 17.3 Å². The van der Waals surface area contributed by atoms with E-state index in [1.54, 1.807) is 18.5 Å². The number of ether oxygens (including phenoxy) is 1. The maximum atomic E-state index is 10.4. The quantitative estimate of drug-likeness (QED) is 0.421. The lowest BCUT2D eigenvalue weighted by molar-refractivity contribution is -0.0790. The molecule has 0 bridgehead atoms. The number of aromatic nitrogens is 2. The lowest BCUT2D eigenvalue weighted by Gasteiger charge is -2.15. The fourth-order valence-corrected chi connectivity index (χ4v) is 3.93. The smallest absolute Gasteiger partial charge is 0.200 e. The first-order valence-corrected chi connectivity index (χ1v) is 10.7. The predicted molar refractivity (Wildman–Crippen MR) is 122 cm³/mol. The van der Waals surface area contributed by atoms with Gasteiger partial charge < -0.3 is 20.1 Å². The van der Waals surface area contributed by atoms with Gasteiger partial charge in [0.2, 0.25) is 6.29 Å². The van der Waals surface area contributed by atoms with Gasteiger partial charge in [0.1, 0.15) is 11.3 Å². The minimum Gasteiger partial charge on any atom is -0.392 e. The van der Waals surface area contributed by atoms with E-state index in [2.05, 4.69) is 21.8 Å². The second-order valence-electron chi connectivity index (χ2n) is 8.77. The molecular weight excluding hydrogens is 406 g/mol. The predicted octanol–water partition coefficient (Wildman–Crippen LogP) is 2.35. The average molecular weight is 436 g/mol. The van der Waals surface area contributed by atoms with Gasteiger partial charge in [-0.1, -0.05) is 24.0 Å². The maximum Gasteiger partial charge on any atom is 0.200 e. The zero-order valence-corrected chi connectivity index (χ0v) is 18.6. The van der Waals surface area contributed by atoms with E-state index >= 15 is 0 Å². The molecular formula is C25H29N3O4. The molecule has 4 rings (SSSR count). The van der Waals surface area contributed by atoms with Crippen LogP contribution >= 0.6 is 0 Å². The summed E-state index contributed by atoms with van der Waals surface area (Å²) in [6.07, 6.45) is -0.625. The van der Waals surface area contributed by atoms with E-state index in [4.69, 9.17) is 4.74 Å². The summed E-state index contributed by atoms with van der Waals surface area (Å²) in [4.78, 5) is 2.22. The summed E-state index contributed by atoms with van der Waals surface area (Å²) in [6.45, 7) is 5.55. The molecule has 1 aliphatic rings. The maximum absolute atomic E-state index is 10.4. The van der Waals surface area contributed by atoms with Crippen LogP contribution in [0.3, 0.4) is 0 Å². The number of methoxy groups -OCH3 is 1. The van der Waals surface area contributed by atoms with Crippen molar-refractivity contribution in [3.8, 4) is 17.5 Å². The summed E-state index contributed by atoms with van der Waals surface area (Å²) in [5.74, 6) is 5.82. The number of hydrogen-bond donors (Lipinski definition) is 3. The normalized spacial score (nSPS) is 18.0. The zero-order chi connectivity index (χ0) is 22.9. The Morgan fingerprint density at radius 2 is 2.06 bits per heavy atom. The van der Waals surface area contributed by atoms with E-state index in [0.29, 0.717) is 12.2 Å². The molecule has 168 valence electrons. The van der Waals surface area contributed by atoms with Crippen molar-refractivity contribution in [1.82, 2.24) is 14.7 Å². The van der Waals surface area contributed by atoms with E-state index in [1.165, 1.54) is 7.11 Å². The van der Waals surface area contributed by atoms with Gasteiger partial charge in [0.25, 0.3) is 0 Å². The first-order valence-electron chi connectivity index (χ1n) is 10.7. The molecule has 0 amide bonds. The molecule has 3 N–H and O–H groups in total. The van der Waals surface area contributed by atoms with Crippen LogP contribution in [0.5, 0.6) is 0 Å². The van der Waals surface area contributed by atoms with Crippen LogP contribution < -0.4 is 0 Å². The van der Waals surface area contributed by atoms with Crippen molar-refractivity contribution in [2.45, 2.75) is 44.8 Å². The van der Waals surface area contributed by atoms with E-state index < -0.39 is 11.9 Å². The van der Waals surface area contributed by atoms with Gasteiger partial charge in [-0.2, -0.15) is 5.10 Å². The molecule has 2 atom stereocenters. The van der Waals surface area contributed by atoms with Crippen molar-refractivity contribution in [3.63, 3.8) is 0 Å². The third kappa shape index (κ3) is 5.01. The Morgan fingerprint density at radius 3 is 2.75 bits per heavy atom. The fraction of sp³-hybridized carbons (Fsp3) is 0.400. The van der Waals surface area contributed by atoms with Crippen molar-refractivity contribution in [3.05, 3.63) is 59.3 Å². The summed E-state index contributed by atoms with van der Waals surface area (Å²) in [7, 11) is 1.44. The highest BCUT2D eigenvalue weighted by Gasteiger charge is 2.22. The minimum absolute atomic E-state index is 0.265. The highest BCUT2D eigenvalue weighted by molar-refractivity contribution is 5.84. The SMILES string of the molecule is COC(O)c1nn(-c2cccc(C#CC(C)(C)O)c2)c2ccc(CN3CCC(O)C3)cc12. The van der Waals surface area contributed by atoms with Gasteiger partial charge in [0, 0.05) is 37.7 Å². The van der Waals surface area contributed by atoms with Crippen LogP contribution in [0.15, 0.2) is 42.5 Å². The number of aliphatic hydroxyl groups excluding tert-OH is 2. The van der Waals surface area contributed by atoms with Crippen LogP contribution in [0.4, 0.5) is 0 Å². The molecule has 0 spiro atoms. The summed E-state index contributed by atoms with van der Waals surface area (Å²) >= 11 is 0. The van der Waals surface area contributed by atoms with Crippen molar-refractivity contribution >= 4 is 10.9 Å². The molecule has 0 saturated carbocycles. The lowest BCUT2D eigenvalue weighted by atomic mass is 10.1. The second-order valence-corrected chi connectivity index (χ2v) is 8.77. The largest absolute Gasteiger partial charge is 0.392 e. The fourth-order valence-electron chi connectivity index (χ4n) is 3.93. The highest BCUT2D eigenvalue weighted by Crippen LogP contribution is 2.29. The number of nitrogens with zero attached hydrogens (tertiary/aromatic N) is 3. The highest BCUT2D eigenvalue weighted by atomic mass is 16.6. The summed E-state index contributed by atoms with van der Waals surface area (Å²) in [6, 6.07) is 13.6. The van der Waals surface area contributed by atoms with Crippen LogP contribution in [0.2, 0.25) is 0 Å². The molecule has 3 aromatic rings. The number of fused-ring (bicyclic) bond motifs is 1. The Hall–Kier alpha value is -2.73. The second kappa shape index (κ2) is 9.02. The molecule has 1 saturated heterocycles. The Labute approximate surface area is 187 Å². The first kappa shape index (κ1) is 22.5. The Kier molecular flexibility index (Phi) is 6.33. The van der Waals surface area contributed by atoms with E-state index in [9.17, 15) is 15.3 Å². The number of likely N-dealkylation sites (tertiary alicyclic amines) is 1. The number of hydrogen-bond acceptors (Lipinski definition) is 6. The average Bonchev–Trinajstić information content (AvgIpc) is 3.34. The van der Waals surface area contributed by atoms with Crippen LogP contribution in [0.1, 0.15) is 43.4 Å². The third-order valence-electron chi connectivity index (χ3n) is 5.49. The molecule has 7 heteroatoms. The van der Waals surface area contributed by atoms with Gasteiger partial charge in [-0.05, 0) is 56.2 Å². The van der Waals surface area contributed by atoms with Gasteiger partial charge in [-0.3, -0.25) is 4.90 Å². The summed E-state index contributed by atoms with van der Waals surface area (Å²) in [5.41, 5.74) is 2.84. The molecule has 2 unspecified atom stereocenters. The topological polar surface area (TPSA) is 91.0 Å². The summed E-state index contributed by atoms with van der Waals surface area (Å²) < 4.78 is 6.94. The van der Waals surface area contributed by atoms with Gasteiger partial charge in [-0.15, -0.1) is 0 Å². The molecule has 32 heavy (non-hydrogen) atoms. The number of β-amino-alcohol motifs (C(OH)–C–C–N with tert-alkyl or cyclic N) is 1. The lowest BCUT2D eigenvalue weighted by Crippen LogP contribution is -2.21. The van der Waals surface area contributed by atoms with Crippen LogP contribution in [-0.2, 0) is 11.3 Å². The monoisotopic (exact) mass is 435 g/mol. The number of aliphatic hydroxyl groups is 3. The molecule has 2 aromatic carbocycles. The standard InChI is InChI=1S/C25H29N3O4/c1-25(2,31)11-9-17-5-4-6-19(13-17)28-22-8-7-18(15-27-12-10-20(29)16-27)14-21(22)23(26-28)24(30)32-3/h4-8,13-14,20,24,29-31H,10,12,15-16H2,1-3H3. The molecule has 7 nitrogen and oxygen atoms in total. The third-order valence-corrected chi connectivity index (χ3v) is 5.49. The Bertz CT molecular complexity index is 1170. The van der Waals surface area contributed by atoms with E-state index in [-0.39, 0.29) is 6.10 Å². The van der Waals surface area contributed by atoms with Gasteiger partial charge in [0.15, 0.2) is 0 Å². The number of rotatable bonds is 5. The molecule has 1 aliphatic heterocycles. The van der Waals surface area contributed by atoms with Crippen LogP contribution in [0, 0.1) is 11.8 Å². The number of benzene rings is 2. The van der Waals surface area contributed by atoms with Crippen molar-refractivity contribution in [2.24, 2.45) is 0 Å². The molecule has 0 aliphatic carbocycles. The van der Waals surface area contributed by atoms with Crippen molar-refractivity contribution in [2.75, 3.05) is 20.2 Å². The Balaban J connectivity index is 1.74. The van der Waals surface area contributed by atoms with Gasteiger partial charge in [-0.25, -0.2) is 4.68 Å². The van der Waals surface area contributed by atoms with Crippen LogP contribution in [-0.4, -0.2) is 61.9 Å². The molecule has 2 heterocycles. The zero-order valence-electron chi connectivity index (χ0n) is 18.6. The van der Waals surface area contributed by atoms with Crippen LogP contribution in [0.25, 0.3) is 16.6 Å².